The summed E-state index contributed by atoms with van der Waals surface area (Å²) in [6.45, 7) is 2.59. The van der Waals surface area contributed by atoms with Crippen molar-refractivity contribution in [2.24, 2.45) is 0 Å². The fourth-order valence-corrected chi connectivity index (χ4v) is 3.18. The Morgan fingerprint density at radius 2 is 1.88 bits per heavy atom. The maximum atomic E-state index is 6.08. The van der Waals surface area contributed by atoms with Crippen molar-refractivity contribution in [1.82, 2.24) is 5.32 Å². The lowest BCUT2D eigenvalue weighted by molar-refractivity contribution is 0.194. The molecule has 2 aromatic carbocycles. The topological polar surface area (TPSA) is 39.7 Å². The molecular weight excluding hydrogens is 441 g/mol. The van der Waals surface area contributed by atoms with Crippen LogP contribution in [0.2, 0.25) is 10.0 Å². The Morgan fingerprint density at radius 3 is 2.58 bits per heavy atom. The fourth-order valence-electron chi connectivity index (χ4n) is 2.41. The van der Waals surface area contributed by atoms with E-state index in [9.17, 15) is 0 Å². The average Bonchev–Trinajstić information content (AvgIpc) is 2.64. The molecule has 0 aromatic heterocycles. The maximum absolute atomic E-state index is 6.08. The summed E-state index contributed by atoms with van der Waals surface area (Å²) in [7, 11) is 3.33. The molecule has 0 aliphatic heterocycles. The number of hydrogen-bond acceptors (Lipinski definition) is 4. The molecule has 0 fully saturated rings. The van der Waals surface area contributed by atoms with Crippen LogP contribution in [0.4, 0.5) is 0 Å². The van der Waals surface area contributed by atoms with Crippen molar-refractivity contribution in [2.45, 2.75) is 19.6 Å². The van der Waals surface area contributed by atoms with Crippen LogP contribution in [0, 0.1) is 0 Å². The monoisotopic (exact) mass is 461 g/mol. The van der Waals surface area contributed by atoms with Crippen molar-refractivity contribution < 1.29 is 14.2 Å². The second kappa shape index (κ2) is 11.0. The first-order valence-corrected chi connectivity index (χ1v) is 9.73. The van der Waals surface area contributed by atoms with Gasteiger partial charge in [-0.2, -0.15) is 0 Å². The van der Waals surface area contributed by atoms with E-state index in [0.717, 1.165) is 35.2 Å². The Morgan fingerprint density at radius 1 is 1.08 bits per heavy atom. The van der Waals surface area contributed by atoms with Gasteiger partial charge in [0.05, 0.1) is 17.2 Å². The quantitative estimate of drug-likeness (QED) is 0.475. The molecule has 0 heterocycles. The molecule has 7 heteroatoms. The van der Waals surface area contributed by atoms with Crippen molar-refractivity contribution in [3.05, 3.63) is 56.0 Å². The molecule has 1 N–H and O–H groups in total. The van der Waals surface area contributed by atoms with E-state index >= 15 is 0 Å². The van der Waals surface area contributed by atoms with Gasteiger partial charge in [-0.1, -0.05) is 45.2 Å². The van der Waals surface area contributed by atoms with Gasteiger partial charge in [0.2, 0.25) is 0 Å². The summed E-state index contributed by atoms with van der Waals surface area (Å²) in [5.74, 6) is 1.38. The van der Waals surface area contributed by atoms with Crippen molar-refractivity contribution >= 4 is 39.1 Å². The number of benzene rings is 2. The summed E-state index contributed by atoms with van der Waals surface area (Å²) in [5, 5.41) is 4.43. The van der Waals surface area contributed by atoms with Gasteiger partial charge in [-0.05, 0) is 42.8 Å². The Balaban J connectivity index is 2.13. The molecule has 0 atom stereocenters. The van der Waals surface area contributed by atoms with Crippen molar-refractivity contribution in [2.75, 3.05) is 27.4 Å². The van der Waals surface area contributed by atoms with E-state index in [2.05, 4.69) is 21.2 Å². The fraction of sp³-hybridized carbons (Fsp3) is 0.368. The van der Waals surface area contributed by atoms with Crippen LogP contribution in [0.15, 0.2) is 34.8 Å². The second-order valence-electron chi connectivity index (χ2n) is 5.62. The van der Waals surface area contributed by atoms with Crippen molar-refractivity contribution in [3.63, 3.8) is 0 Å². The number of methoxy groups -OCH3 is 2. The molecule has 0 amide bonds. The smallest absolute Gasteiger partial charge is 0.167 e. The zero-order chi connectivity index (χ0) is 18.9. The van der Waals surface area contributed by atoms with E-state index in [1.54, 1.807) is 26.4 Å². The summed E-state index contributed by atoms with van der Waals surface area (Å²) in [6.07, 6.45) is 0.942. The molecule has 2 aromatic rings. The molecule has 0 unspecified atom stereocenters. The molecule has 0 saturated heterocycles. The first-order valence-electron chi connectivity index (χ1n) is 8.18. The van der Waals surface area contributed by atoms with Gasteiger partial charge in [-0.25, -0.2) is 0 Å². The molecular formula is C19H22BrCl2NO3. The van der Waals surface area contributed by atoms with Gasteiger partial charge in [0.1, 0.15) is 6.61 Å². The second-order valence-corrected chi connectivity index (χ2v) is 7.29. The van der Waals surface area contributed by atoms with Crippen molar-refractivity contribution in [1.29, 1.82) is 0 Å². The highest BCUT2D eigenvalue weighted by atomic mass is 79.9. The van der Waals surface area contributed by atoms with Crippen LogP contribution in [0.3, 0.4) is 0 Å². The van der Waals surface area contributed by atoms with Gasteiger partial charge < -0.3 is 19.5 Å². The molecule has 0 saturated carbocycles. The number of rotatable bonds is 10. The van der Waals surface area contributed by atoms with Crippen LogP contribution in [-0.4, -0.2) is 27.4 Å². The molecule has 2 rings (SSSR count). The van der Waals surface area contributed by atoms with Gasteiger partial charge in [0.15, 0.2) is 11.5 Å². The Labute approximate surface area is 172 Å². The minimum absolute atomic E-state index is 0.361. The average molecular weight is 463 g/mol. The van der Waals surface area contributed by atoms with E-state index in [1.165, 1.54) is 0 Å². The van der Waals surface area contributed by atoms with E-state index in [0.29, 0.717) is 34.7 Å². The normalized spacial score (nSPS) is 10.8. The van der Waals surface area contributed by atoms with E-state index in [-0.39, 0.29) is 0 Å². The molecule has 0 aliphatic carbocycles. The lowest BCUT2D eigenvalue weighted by atomic mass is 10.1. The number of nitrogens with one attached hydrogen (secondary N) is 1. The van der Waals surface area contributed by atoms with Gasteiger partial charge in [-0.3, -0.25) is 0 Å². The minimum atomic E-state index is 0.361. The Kier molecular flexibility index (Phi) is 9.02. The van der Waals surface area contributed by atoms with Gasteiger partial charge in [0, 0.05) is 30.3 Å². The third-order valence-electron chi connectivity index (χ3n) is 3.76. The van der Waals surface area contributed by atoms with E-state index in [4.69, 9.17) is 37.4 Å². The summed E-state index contributed by atoms with van der Waals surface area (Å²) in [5.41, 5.74) is 1.93. The largest absolute Gasteiger partial charge is 0.493 e. The summed E-state index contributed by atoms with van der Waals surface area (Å²) in [4.78, 5) is 0. The summed E-state index contributed by atoms with van der Waals surface area (Å²) >= 11 is 15.7. The molecule has 26 heavy (non-hydrogen) atoms. The maximum Gasteiger partial charge on any atom is 0.167 e. The number of halogens is 3. The third kappa shape index (κ3) is 6.03. The zero-order valence-electron chi connectivity index (χ0n) is 14.8. The van der Waals surface area contributed by atoms with Crippen LogP contribution in [0.1, 0.15) is 17.5 Å². The van der Waals surface area contributed by atoms with Gasteiger partial charge in [-0.15, -0.1) is 0 Å². The highest BCUT2D eigenvalue weighted by Gasteiger charge is 2.15. The van der Waals surface area contributed by atoms with Crippen LogP contribution in [0.5, 0.6) is 11.5 Å². The predicted octanol–water partition coefficient (Wildman–Crippen LogP) is 5.47. The highest BCUT2D eigenvalue weighted by molar-refractivity contribution is 9.10. The lowest BCUT2D eigenvalue weighted by Crippen LogP contribution is -2.17. The highest BCUT2D eigenvalue weighted by Crippen LogP contribution is 2.37. The van der Waals surface area contributed by atoms with Crippen LogP contribution in [-0.2, 0) is 17.9 Å². The first-order chi connectivity index (χ1) is 12.6. The summed E-state index contributed by atoms with van der Waals surface area (Å²) < 4.78 is 17.6. The molecule has 0 aliphatic rings. The van der Waals surface area contributed by atoms with Crippen LogP contribution in [0.25, 0.3) is 0 Å². The predicted molar refractivity (Wildman–Crippen MR) is 110 cm³/mol. The van der Waals surface area contributed by atoms with Gasteiger partial charge in [0.25, 0.3) is 0 Å². The molecule has 0 bridgehead atoms. The van der Waals surface area contributed by atoms with Gasteiger partial charge >= 0.3 is 0 Å². The van der Waals surface area contributed by atoms with Crippen molar-refractivity contribution in [3.8, 4) is 11.5 Å². The molecule has 4 nitrogen and oxygen atoms in total. The molecule has 0 radical (unpaired) electrons. The third-order valence-corrected chi connectivity index (χ3v) is 5.24. The van der Waals surface area contributed by atoms with Crippen LogP contribution >= 0.6 is 39.1 Å². The summed E-state index contributed by atoms with van der Waals surface area (Å²) in [6, 6.07) is 9.29. The Hall–Kier alpha value is -0.980. The molecule has 142 valence electrons. The standard InChI is InChI=1S/C19H22BrCl2NO3/c1-24-9-3-8-23-11-14-15(20)5-7-18(25-2)19(14)26-12-13-4-6-16(21)17(22)10-13/h4-7,10,23H,3,8-9,11-12H2,1-2H3. The molecule has 0 spiro atoms. The van der Waals surface area contributed by atoms with E-state index in [1.807, 2.05) is 18.2 Å². The number of hydrogen-bond donors (Lipinski definition) is 1. The SMILES string of the molecule is COCCCNCc1c(Br)ccc(OC)c1OCc1ccc(Cl)c(Cl)c1. The first kappa shape index (κ1) is 21.3. The van der Waals surface area contributed by atoms with Crippen LogP contribution < -0.4 is 14.8 Å². The zero-order valence-corrected chi connectivity index (χ0v) is 17.9. The van der Waals surface area contributed by atoms with E-state index < -0.39 is 0 Å². The Bertz CT molecular complexity index is 728. The lowest BCUT2D eigenvalue weighted by Gasteiger charge is -2.17. The number of ether oxygens (including phenoxy) is 3. The minimum Gasteiger partial charge on any atom is -0.493 e.